The number of aromatic nitrogens is 1. The lowest BCUT2D eigenvalue weighted by atomic mass is 10.1. The molecule has 21 heavy (non-hydrogen) atoms. The van der Waals surface area contributed by atoms with Crippen molar-refractivity contribution >= 4 is 11.7 Å². The Kier molecular flexibility index (Phi) is 4.83. The van der Waals surface area contributed by atoms with Crippen LogP contribution in [0.5, 0.6) is 0 Å². The molecule has 1 heterocycles. The molecular weight excluding hydrogens is 266 g/mol. The van der Waals surface area contributed by atoms with Gasteiger partial charge in [-0.05, 0) is 32.8 Å². The summed E-state index contributed by atoms with van der Waals surface area (Å²) in [7, 11) is 1.96. The van der Waals surface area contributed by atoms with Crippen LogP contribution in [0.15, 0.2) is 6.07 Å². The number of ketones is 1. The van der Waals surface area contributed by atoms with Crippen LogP contribution in [-0.2, 0) is 11.8 Å². The molecule has 2 rings (SSSR count). The molecule has 0 atom stereocenters. The molecule has 0 unspecified atom stereocenters. The lowest BCUT2D eigenvalue weighted by Gasteiger charge is -2.26. The minimum Gasteiger partial charge on any atom is -0.369 e. The first kappa shape index (κ1) is 15.8. The molecule has 0 saturated heterocycles. The highest BCUT2D eigenvalue weighted by Gasteiger charge is 2.26. The molecule has 0 radical (unpaired) electrons. The van der Waals surface area contributed by atoms with Crippen molar-refractivity contribution in [1.29, 1.82) is 0 Å². The van der Waals surface area contributed by atoms with Gasteiger partial charge in [-0.3, -0.25) is 14.5 Å². The maximum absolute atomic E-state index is 12.6. The molecule has 0 aliphatic heterocycles. The van der Waals surface area contributed by atoms with Gasteiger partial charge in [-0.15, -0.1) is 0 Å². The van der Waals surface area contributed by atoms with Crippen molar-refractivity contribution in [3.8, 4) is 0 Å². The summed E-state index contributed by atoms with van der Waals surface area (Å²) in [6.45, 7) is 4.38. The number of Topliss-reactive ketones (excluding diaryl/α,β-unsaturated/α-hetero) is 1. The van der Waals surface area contributed by atoms with E-state index in [-0.39, 0.29) is 24.8 Å². The van der Waals surface area contributed by atoms with Gasteiger partial charge >= 0.3 is 0 Å². The number of nitrogens with zero attached hydrogens (tertiary/aromatic N) is 2. The van der Waals surface area contributed by atoms with Crippen LogP contribution in [0.3, 0.4) is 0 Å². The highest BCUT2D eigenvalue weighted by atomic mass is 16.1. The molecule has 5 heteroatoms. The second kappa shape index (κ2) is 6.43. The van der Waals surface area contributed by atoms with E-state index < -0.39 is 0 Å². The van der Waals surface area contributed by atoms with E-state index >= 15 is 0 Å². The van der Waals surface area contributed by atoms with Crippen LogP contribution < -0.4 is 5.73 Å². The summed E-state index contributed by atoms with van der Waals surface area (Å²) in [4.78, 5) is 25.8. The van der Waals surface area contributed by atoms with Crippen LogP contribution in [0, 0.1) is 13.8 Å². The van der Waals surface area contributed by atoms with Crippen LogP contribution in [0.4, 0.5) is 0 Å². The van der Waals surface area contributed by atoms with Crippen molar-refractivity contribution in [3.05, 3.63) is 23.0 Å². The summed E-state index contributed by atoms with van der Waals surface area (Å²) in [5.74, 6) is -0.292. The van der Waals surface area contributed by atoms with Crippen molar-refractivity contribution in [2.24, 2.45) is 12.8 Å². The monoisotopic (exact) mass is 291 g/mol. The Bertz CT molecular complexity index is 542. The predicted molar refractivity (Wildman–Crippen MR) is 82.2 cm³/mol. The quantitative estimate of drug-likeness (QED) is 0.809. The molecule has 1 aliphatic carbocycles. The number of rotatable bonds is 6. The number of nitrogens with two attached hydrogens (primary N) is 1. The minimum atomic E-state index is -0.365. The maximum Gasteiger partial charge on any atom is 0.231 e. The smallest absolute Gasteiger partial charge is 0.231 e. The average Bonchev–Trinajstić information content (AvgIpc) is 3.02. The van der Waals surface area contributed by atoms with E-state index in [1.165, 1.54) is 0 Å². The number of carbonyl (C=O) groups is 2. The third kappa shape index (κ3) is 3.53. The van der Waals surface area contributed by atoms with Gasteiger partial charge in [0.15, 0.2) is 5.78 Å². The van der Waals surface area contributed by atoms with Crippen molar-refractivity contribution in [2.75, 3.05) is 13.1 Å². The second-order valence-electron chi connectivity index (χ2n) is 6.08. The van der Waals surface area contributed by atoms with Gasteiger partial charge < -0.3 is 10.3 Å². The molecule has 1 saturated carbocycles. The van der Waals surface area contributed by atoms with Gasteiger partial charge in [0.2, 0.25) is 5.91 Å². The number of amides is 1. The van der Waals surface area contributed by atoms with Gasteiger partial charge in [0.1, 0.15) is 0 Å². The summed E-state index contributed by atoms with van der Waals surface area (Å²) >= 11 is 0. The molecule has 116 valence electrons. The molecule has 0 spiro atoms. The van der Waals surface area contributed by atoms with Gasteiger partial charge in [0.05, 0.1) is 13.1 Å². The van der Waals surface area contributed by atoms with Gasteiger partial charge in [-0.25, -0.2) is 0 Å². The van der Waals surface area contributed by atoms with Crippen molar-refractivity contribution in [2.45, 2.75) is 45.6 Å². The Hall–Kier alpha value is -1.62. The summed E-state index contributed by atoms with van der Waals surface area (Å²) in [5.41, 5.74) is 8.13. The third-order valence-electron chi connectivity index (χ3n) is 4.62. The second-order valence-corrected chi connectivity index (χ2v) is 6.08. The number of carbonyl (C=O) groups excluding carboxylic acids is 2. The number of hydrogen-bond acceptors (Lipinski definition) is 3. The molecule has 1 fully saturated rings. The largest absolute Gasteiger partial charge is 0.369 e. The van der Waals surface area contributed by atoms with E-state index in [4.69, 9.17) is 5.73 Å². The molecular formula is C16H25N3O2. The molecule has 1 aromatic heterocycles. The van der Waals surface area contributed by atoms with Crippen molar-refractivity contribution < 1.29 is 9.59 Å². The zero-order valence-corrected chi connectivity index (χ0v) is 13.2. The topological polar surface area (TPSA) is 68.3 Å². The van der Waals surface area contributed by atoms with Crippen LogP contribution in [0.2, 0.25) is 0 Å². The number of aryl methyl sites for hydroxylation is 1. The van der Waals surface area contributed by atoms with Gasteiger partial charge in [0.25, 0.3) is 0 Å². The van der Waals surface area contributed by atoms with E-state index in [2.05, 4.69) is 0 Å². The third-order valence-corrected chi connectivity index (χ3v) is 4.62. The van der Waals surface area contributed by atoms with Crippen molar-refractivity contribution in [3.63, 3.8) is 0 Å². The molecule has 2 N–H and O–H groups in total. The average molecular weight is 291 g/mol. The molecule has 1 aliphatic rings. The van der Waals surface area contributed by atoms with Crippen LogP contribution >= 0.6 is 0 Å². The Morgan fingerprint density at radius 3 is 2.38 bits per heavy atom. The summed E-state index contributed by atoms with van der Waals surface area (Å²) in [6.07, 6.45) is 4.43. The Morgan fingerprint density at radius 2 is 1.90 bits per heavy atom. The highest BCUT2D eigenvalue weighted by molar-refractivity contribution is 5.99. The summed E-state index contributed by atoms with van der Waals surface area (Å²) < 4.78 is 2.02. The molecule has 0 aromatic carbocycles. The lowest BCUT2D eigenvalue weighted by Crippen LogP contribution is -2.43. The lowest BCUT2D eigenvalue weighted by molar-refractivity contribution is -0.119. The SMILES string of the molecule is Cc1cc(C(=O)CN(CC(N)=O)C2CCCC2)c(C)n1C. The maximum atomic E-state index is 12.6. The Balaban J connectivity index is 2.13. The standard InChI is InChI=1S/C16H25N3O2/c1-11-8-14(12(2)18(11)3)15(20)9-19(10-16(17)21)13-6-4-5-7-13/h8,13H,4-7,9-10H2,1-3H3,(H2,17,21). The zero-order chi connectivity index (χ0) is 15.6. The number of hydrogen-bond donors (Lipinski definition) is 1. The Labute approximate surface area is 126 Å². The first-order valence-electron chi connectivity index (χ1n) is 7.58. The first-order chi connectivity index (χ1) is 9.90. The fourth-order valence-electron chi connectivity index (χ4n) is 3.19. The van der Waals surface area contributed by atoms with Gasteiger partial charge in [0, 0.05) is 30.0 Å². The van der Waals surface area contributed by atoms with E-state index in [9.17, 15) is 9.59 Å². The van der Waals surface area contributed by atoms with Crippen LogP contribution in [-0.4, -0.2) is 40.3 Å². The van der Waals surface area contributed by atoms with Crippen molar-refractivity contribution in [1.82, 2.24) is 9.47 Å². The van der Waals surface area contributed by atoms with E-state index in [0.717, 1.165) is 42.6 Å². The van der Waals surface area contributed by atoms with Crippen LogP contribution in [0.25, 0.3) is 0 Å². The Morgan fingerprint density at radius 1 is 1.29 bits per heavy atom. The normalized spacial score (nSPS) is 15.8. The van der Waals surface area contributed by atoms with E-state index in [1.807, 2.05) is 36.4 Å². The predicted octanol–water partition coefficient (Wildman–Crippen LogP) is 1.55. The highest BCUT2D eigenvalue weighted by Crippen LogP contribution is 2.24. The fourth-order valence-corrected chi connectivity index (χ4v) is 3.19. The summed E-state index contributed by atoms with van der Waals surface area (Å²) in [5, 5.41) is 0. The number of primary amides is 1. The zero-order valence-electron chi connectivity index (χ0n) is 13.2. The van der Waals surface area contributed by atoms with Crippen LogP contribution in [0.1, 0.15) is 47.4 Å². The van der Waals surface area contributed by atoms with E-state index in [1.54, 1.807) is 0 Å². The van der Waals surface area contributed by atoms with E-state index in [0.29, 0.717) is 6.04 Å². The first-order valence-corrected chi connectivity index (χ1v) is 7.58. The summed E-state index contributed by atoms with van der Waals surface area (Å²) in [6, 6.07) is 2.24. The van der Waals surface area contributed by atoms with Gasteiger partial charge in [-0.1, -0.05) is 12.8 Å². The van der Waals surface area contributed by atoms with Gasteiger partial charge in [-0.2, -0.15) is 0 Å². The molecule has 0 bridgehead atoms. The molecule has 5 nitrogen and oxygen atoms in total. The molecule has 1 aromatic rings. The fraction of sp³-hybridized carbons (Fsp3) is 0.625. The minimum absolute atomic E-state index is 0.0735. The molecule has 1 amide bonds.